The highest BCUT2D eigenvalue weighted by Crippen LogP contribution is 2.21. The van der Waals surface area contributed by atoms with E-state index in [0.717, 1.165) is 4.90 Å². The van der Waals surface area contributed by atoms with E-state index in [1.54, 1.807) is 11.8 Å². The average molecular weight is 281 g/mol. The van der Waals surface area contributed by atoms with Gasteiger partial charge in [-0.2, -0.15) is 0 Å². The van der Waals surface area contributed by atoms with Gasteiger partial charge in [0.05, 0.1) is 0 Å². The van der Waals surface area contributed by atoms with Crippen LogP contribution in [-0.2, 0) is 9.59 Å². The molecule has 0 fully saturated rings. The van der Waals surface area contributed by atoms with Gasteiger partial charge < -0.3 is 10.4 Å². The molecule has 0 aliphatic heterocycles. The number of carbonyl (C=O) groups excluding carboxylic acids is 1. The quantitative estimate of drug-likeness (QED) is 0.786. The number of aryl methyl sites for hydroxylation is 2. The predicted octanol–water partition coefficient (Wildman–Crippen LogP) is 2.37. The molecule has 1 atom stereocenters. The summed E-state index contributed by atoms with van der Waals surface area (Å²) in [6.45, 7) is 5.57. The fourth-order valence-corrected chi connectivity index (χ4v) is 2.39. The minimum Gasteiger partial charge on any atom is -0.480 e. The largest absolute Gasteiger partial charge is 0.480 e. The molecule has 2 N–H and O–H groups in total. The minimum atomic E-state index is -1.02. The number of benzene rings is 1. The lowest BCUT2D eigenvalue weighted by Crippen LogP contribution is -2.38. The first-order valence-corrected chi connectivity index (χ1v) is 7.11. The zero-order valence-corrected chi connectivity index (χ0v) is 12.2. The maximum atomic E-state index is 11.5. The van der Waals surface area contributed by atoms with Gasteiger partial charge in [-0.1, -0.05) is 6.07 Å². The number of rotatable bonds is 6. The van der Waals surface area contributed by atoms with E-state index in [4.69, 9.17) is 5.11 Å². The third-order valence-corrected chi connectivity index (χ3v) is 3.82. The highest BCUT2D eigenvalue weighted by molar-refractivity contribution is 7.99. The van der Waals surface area contributed by atoms with Crippen LogP contribution in [0.5, 0.6) is 0 Å². The van der Waals surface area contributed by atoms with Gasteiger partial charge in [-0.25, -0.2) is 0 Å². The van der Waals surface area contributed by atoms with Crippen LogP contribution in [0.2, 0.25) is 0 Å². The highest BCUT2D eigenvalue weighted by Gasteiger charge is 2.13. The lowest BCUT2D eigenvalue weighted by atomic mass is 10.1. The third-order valence-electron chi connectivity index (χ3n) is 2.82. The number of thioether (sulfide) groups is 1. The van der Waals surface area contributed by atoms with E-state index >= 15 is 0 Å². The summed E-state index contributed by atoms with van der Waals surface area (Å²) in [6.07, 6.45) is 0.315. The number of hydrogen-bond donors (Lipinski definition) is 2. The van der Waals surface area contributed by atoms with Gasteiger partial charge in [0, 0.05) is 17.1 Å². The maximum Gasteiger partial charge on any atom is 0.325 e. The molecule has 0 heterocycles. The predicted molar refractivity (Wildman–Crippen MR) is 76.5 cm³/mol. The van der Waals surface area contributed by atoms with Gasteiger partial charge >= 0.3 is 5.97 Å². The Morgan fingerprint density at radius 1 is 1.32 bits per heavy atom. The van der Waals surface area contributed by atoms with Gasteiger partial charge in [0.25, 0.3) is 0 Å². The average Bonchev–Trinajstić information content (AvgIpc) is 2.33. The third kappa shape index (κ3) is 5.34. The summed E-state index contributed by atoms with van der Waals surface area (Å²) in [5.41, 5.74) is 2.48. The van der Waals surface area contributed by atoms with E-state index in [0.29, 0.717) is 12.2 Å². The van der Waals surface area contributed by atoms with Crippen LogP contribution in [0.15, 0.2) is 23.1 Å². The number of carboxylic acid groups (broad SMARTS) is 1. The van der Waals surface area contributed by atoms with Crippen LogP contribution in [0, 0.1) is 13.8 Å². The first-order valence-electron chi connectivity index (χ1n) is 6.12. The molecule has 5 heteroatoms. The molecule has 1 rings (SSSR count). The molecule has 104 valence electrons. The van der Waals surface area contributed by atoms with Crippen molar-refractivity contribution < 1.29 is 14.7 Å². The topological polar surface area (TPSA) is 66.4 Å². The van der Waals surface area contributed by atoms with Crippen LogP contribution in [-0.4, -0.2) is 28.8 Å². The fourth-order valence-electron chi connectivity index (χ4n) is 1.44. The Hall–Kier alpha value is -1.49. The lowest BCUT2D eigenvalue weighted by Gasteiger charge is -2.09. The molecular formula is C14H19NO3S. The van der Waals surface area contributed by atoms with E-state index in [1.165, 1.54) is 18.1 Å². The van der Waals surface area contributed by atoms with E-state index < -0.39 is 12.0 Å². The number of hydrogen-bond acceptors (Lipinski definition) is 3. The number of carbonyl (C=O) groups is 2. The smallest absolute Gasteiger partial charge is 0.325 e. The Kier molecular flexibility index (Phi) is 5.89. The first kappa shape index (κ1) is 15.6. The Bertz CT molecular complexity index is 474. The van der Waals surface area contributed by atoms with Crippen molar-refractivity contribution >= 4 is 23.6 Å². The van der Waals surface area contributed by atoms with Crippen molar-refractivity contribution in [2.75, 3.05) is 5.75 Å². The molecular weight excluding hydrogens is 262 g/mol. The summed E-state index contributed by atoms with van der Waals surface area (Å²) >= 11 is 1.60. The first-order chi connectivity index (χ1) is 8.90. The molecule has 1 amide bonds. The van der Waals surface area contributed by atoms with Crippen LogP contribution < -0.4 is 5.32 Å². The zero-order valence-electron chi connectivity index (χ0n) is 11.4. The Balaban J connectivity index is 2.35. The summed E-state index contributed by atoms with van der Waals surface area (Å²) in [6, 6.07) is 5.35. The van der Waals surface area contributed by atoms with Gasteiger partial charge in [0.1, 0.15) is 6.04 Å². The van der Waals surface area contributed by atoms with Crippen LogP contribution in [0.3, 0.4) is 0 Å². The van der Waals surface area contributed by atoms with Crippen molar-refractivity contribution in [2.24, 2.45) is 0 Å². The molecule has 1 aromatic carbocycles. The Morgan fingerprint density at radius 3 is 2.58 bits per heavy atom. The maximum absolute atomic E-state index is 11.5. The number of carboxylic acids is 1. The second kappa shape index (κ2) is 7.19. The molecule has 4 nitrogen and oxygen atoms in total. The van der Waals surface area contributed by atoms with E-state index in [2.05, 4.69) is 31.3 Å². The van der Waals surface area contributed by atoms with Gasteiger partial charge in [0.15, 0.2) is 0 Å². The number of aliphatic carboxylic acids is 1. The summed E-state index contributed by atoms with van der Waals surface area (Å²) in [4.78, 5) is 23.2. The van der Waals surface area contributed by atoms with E-state index in [1.807, 2.05) is 6.07 Å². The monoisotopic (exact) mass is 281 g/mol. The summed E-state index contributed by atoms with van der Waals surface area (Å²) in [5, 5.41) is 11.1. The van der Waals surface area contributed by atoms with Crippen LogP contribution >= 0.6 is 11.8 Å². The van der Waals surface area contributed by atoms with Crippen LogP contribution in [0.25, 0.3) is 0 Å². The molecule has 0 aliphatic rings. The molecule has 0 aliphatic carbocycles. The fraction of sp³-hybridized carbons (Fsp3) is 0.429. The second-order valence-electron chi connectivity index (χ2n) is 4.47. The van der Waals surface area contributed by atoms with Gasteiger partial charge in [0.2, 0.25) is 5.91 Å². The number of amides is 1. The molecule has 0 aromatic heterocycles. The van der Waals surface area contributed by atoms with Crippen molar-refractivity contribution in [3.8, 4) is 0 Å². The van der Waals surface area contributed by atoms with E-state index in [-0.39, 0.29) is 5.91 Å². The standard InChI is InChI=1S/C14H19NO3S/c1-9-4-5-12(8-10(9)2)19-7-6-13(16)15-11(3)14(17)18/h4-5,8,11H,6-7H2,1-3H3,(H,15,16)(H,17,18)/t11-/m1/s1. The van der Waals surface area contributed by atoms with Crippen molar-refractivity contribution in [3.05, 3.63) is 29.3 Å². The van der Waals surface area contributed by atoms with E-state index in [9.17, 15) is 9.59 Å². The molecule has 0 saturated carbocycles. The normalized spacial score (nSPS) is 11.9. The molecule has 1 aromatic rings. The summed E-state index contributed by atoms with van der Waals surface area (Å²) in [5.74, 6) is -0.609. The summed E-state index contributed by atoms with van der Waals surface area (Å²) < 4.78 is 0. The van der Waals surface area contributed by atoms with Gasteiger partial charge in [-0.15, -0.1) is 11.8 Å². The molecule has 0 radical (unpaired) electrons. The molecule has 0 saturated heterocycles. The highest BCUT2D eigenvalue weighted by atomic mass is 32.2. The second-order valence-corrected chi connectivity index (χ2v) is 5.64. The molecule has 19 heavy (non-hydrogen) atoms. The Morgan fingerprint density at radius 2 is 2.00 bits per heavy atom. The van der Waals surface area contributed by atoms with Crippen molar-refractivity contribution in [3.63, 3.8) is 0 Å². The zero-order chi connectivity index (χ0) is 14.4. The van der Waals surface area contributed by atoms with Crippen LogP contribution in [0.1, 0.15) is 24.5 Å². The number of nitrogens with one attached hydrogen (secondary N) is 1. The van der Waals surface area contributed by atoms with Crippen molar-refractivity contribution in [1.29, 1.82) is 0 Å². The van der Waals surface area contributed by atoms with Crippen molar-refractivity contribution in [2.45, 2.75) is 38.1 Å². The SMILES string of the molecule is Cc1ccc(SCCC(=O)N[C@H](C)C(=O)O)cc1C. The van der Waals surface area contributed by atoms with Crippen molar-refractivity contribution in [1.82, 2.24) is 5.32 Å². The lowest BCUT2D eigenvalue weighted by molar-refractivity contribution is -0.141. The van der Waals surface area contributed by atoms with Gasteiger partial charge in [-0.3, -0.25) is 9.59 Å². The summed E-state index contributed by atoms with van der Waals surface area (Å²) in [7, 11) is 0. The van der Waals surface area contributed by atoms with Crippen LogP contribution in [0.4, 0.5) is 0 Å². The molecule has 0 spiro atoms. The molecule has 0 unspecified atom stereocenters. The van der Waals surface area contributed by atoms with Gasteiger partial charge in [-0.05, 0) is 44.0 Å². The molecule has 0 bridgehead atoms. The Labute approximate surface area is 117 Å². The minimum absolute atomic E-state index is 0.230.